The van der Waals surface area contributed by atoms with Gasteiger partial charge in [0.25, 0.3) is 0 Å². The molecule has 51 valence electrons. The molecule has 10 heavy (non-hydrogen) atoms. The van der Waals surface area contributed by atoms with E-state index < -0.39 is 0 Å². The van der Waals surface area contributed by atoms with Gasteiger partial charge in [0.15, 0.2) is 0 Å². The molecule has 0 aliphatic heterocycles. The molecule has 0 amide bonds. The molecule has 1 rings (SSSR count). The Morgan fingerprint density at radius 3 is 2.40 bits per heavy atom. The molecule has 0 atom stereocenters. The molecule has 0 aromatic heterocycles. The minimum absolute atomic E-state index is 0.739. The zero-order chi connectivity index (χ0) is 7.40. The van der Waals surface area contributed by atoms with Crippen LogP contribution in [0.15, 0.2) is 24.3 Å². The van der Waals surface area contributed by atoms with Gasteiger partial charge in [-0.25, -0.2) is 0 Å². The SMILES string of the molecule is CCOc1cc[c]([Ge])cc1. The number of benzene rings is 1. The summed E-state index contributed by atoms with van der Waals surface area (Å²) in [5.41, 5.74) is 0. The van der Waals surface area contributed by atoms with Gasteiger partial charge in [0, 0.05) is 0 Å². The molecule has 0 saturated heterocycles. The third kappa shape index (κ3) is 2.06. The second-order valence-electron chi connectivity index (χ2n) is 1.96. The van der Waals surface area contributed by atoms with Gasteiger partial charge in [0.05, 0.1) is 0 Å². The quantitative estimate of drug-likeness (QED) is 0.634. The summed E-state index contributed by atoms with van der Waals surface area (Å²) < 4.78 is 6.53. The van der Waals surface area contributed by atoms with Gasteiger partial charge in [-0.2, -0.15) is 0 Å². The Morgan fingerprint density at radius 2 is 1.90 bits per heavy atom. The molecule has 0 heterocycles. The monoisotopic (exact) mass is 195 g/mol. The number of hydrogen-bond donors (Lipinski definition) is 0. The van der Waals surface area contributed by atoms with Crippen LogP contribution in [-0.2, 0) is 0 Å². The van der Waals surface area contributed by atoms with Crippen LogP contribution in [0.1, 0.15) is 6.92 Å². The first kappa shape index (κ1) is 7.67. The average Bonchev–Trinajstić information content (AvgIpc) is 1.95. The second-order valence-corrected chi connectivity index (χ2v) is 3.17. The molecule has 3 radical (unpaired) electrons. The van der Waals surface area contributed by atoms with E-state index in [0.29, 0.717) is 0 Å². The first-order valence-electron chi connectivity index (χ1n) is 3.27. The summed E-state index contributed by atoms with van der Waals surface area (Å²) in [6.07, 6.45) is 0. The van der Waals surface area contributed by atoms with Crippen molar-refractivity contribution in [2.24, 2.45) is 0 Å². The Bertz CT molecular complexity index is 193. The first-order chi connectivity index (χ1) is 4.83. The van der Waals surface area contributed by atoms with Gasteiger partial charge in [-0.1, -0.05) is 0 Å². The zero-order valence-corrected chi connectivity index (χ0v) is 8.02. The first-order valence-corrected chi connectivity index (χ1v) is 4.32. The normalized spacial score (nSPS) is 9.40. The van der Waals surface area contributed by atoms with Gasteiger partial charge in [-0.05, 0) is 0 Å². The van der Waals surface area contributed by atoms with E-state index in [0.717, 1.165) is 12.4 Å². The standard InChI is InChI=1S/C8H9GeO/c1-2-10-8-5-3-7(9)4-6-8/h3-6H,2H2,1H3. The number of hydrogen-bond acceptors (Lipinski definition) is 1. The molecular weight excluding hydrogens is 185 g/mol. The van der Waals surface area contributed by atoms with E-state index in [1.807, 2.05) is 31.2 Å². The fraction of sp³-hybridized carbons (Fsp3) is 0.250. The molecule has 0 spiro atoms. The number of ether oxygens (including phenoxy) is 1. The Morgan fingerprint density at radius 1 is 1.30 bits per heavy atom. The average molecular weight is 194 g/mol. The maximum absolute atomic E-state index is 5.26. The molecule has 1 nitrogen and oxygen atoms in total. The van der Waals surface area contributed by atoms with Crippen LogP contribution < -0.4 is 9.13 Å². The predicted molar refractivity (Wildman–Crippen MR) is 43.0 cm³/mol. The molecule has 0 unspecified atom stereocenters. The summed E-state index contributed by atoms with van der Waals surface area (Å²) >= 11 is 2.07. The molecular formula is C8H9GeO. The van der Waals surface area contributed by atoms with E-state index in [1.54, 1.807) is 0 Å². The fourth-order valence-corrected chi connectivity index (χ4v) is 1.07. The molecule has 0 bridgehead atoms. The van der Waals surface area contributed by atoms with Crippen LogP contribution in [0.5, 0.6) is 5.75 Å². The topological polar surface area (TPSA) is 9.23 Å². The summed E-state index contributed by atoms with van der Waals surface area (Å²) in [6, 6.07) is 8.06. The second kappa shape index (κ2) is 3.66. The molecule has 0 N–H and O–H groups in total. The van der Waals surface area contributed by atoms with Gasteiger partial charge >= 0.3 is 69.2 Å². The molecule has 1 aromatic carbocycles. The van der Waals surface area contributed by atoms with Crippen LogP contribution in [0.3, 0.4) is 0 Å². The Kier molecular flexibility index (Phi) is 2.81. The fourth-order valence-electron chi connectivity index (χ4n) is 0.718. The van der Waals surface area contributed by atoms with Crippen molar-refractivity contribution in [3.05, 3.63) is 24.3 Å². The maximum atomic E-state index is 5.26. The van der Waals surface area contributed by atoms with Crippen molar-refractivity contribution in [1.29, 1.82) is 0 Å². The summed E-state index contributed by atoms with van der Waals surface area (Å²) in [5, 5.41) is 0. The molecule has 0 aliphatic rings. The summed E-state index contributed by atoms with van der Waals surface area (Å²) in [5.74, 6) is 0.952. The van der Waals surface area contributed by atoms with E-state index in [4.69, 9.17) is 4.74 Å². The molecule has 0 saturated carbocycles. The van der Waals surface area contributed by atoms with Crippen LogP contribution in [-0.4, -0.2) is 23.1 Å². The number of rotatable bonds is 2. The molecule has 0 fully saturated rings. The van der Waals surface area contributed by atoms with E-state index in [1.165, 1.54) is 4.40 Å². The molecule has 2 heteroatoms. The van der Waals surface area contributed by atoms with Crippen molar-refractivity contribution in [2.75, 3.05) is 6.61 Å². The van der Waals surface area contributed by atoms with Gasteiger partial charge < -0.3 is 0 Å². The molecule has 0 aliphatic carbocycles. The third-order valence-corrected chi connectivity index (χ3v) is 1.86. The van der Waals surface area contributed by atoms with Crippen LogP contribution in [0, 0.1) is 0 Å². The Labute approximate surface area is 69.6 Å². The zero-order valence-electron chi connectivity index (χ0n) is 5.92. The third-order valence-electron chi connectivity index (χ3n) is 1.17. The van der Waals surface area contributed by atoms with Gasteiger partial charge in [-0.15, -0.1) is 0 Å². The van der Waals surface area contributed by atoms with Crippen LogP contribution in [0.2, 0.25) is 0 Å². The van der Waals surface area contributed by atoms with Crippen LogP contribution >= 0.6 is 0 Å². The van der Waals surface area contributed by atoms with Gasteiger partial charge in [0.2, 0.25) is 0 Å². The predicted octanol–water partition coefficient (Wildman–Crippen LogP) is 0.879. The van der Waals surface area contributed by atoms with Crippen LogP contribution in [0.25, 0.3) is 0 Å². The van der Waals surface area contributed by atoms with E-state index >= 15 is 0 Å². The Hall–Kier alpha value is -0.437. The van der Waals surface area contributed by atoms with Crippen LogP contribution in [0.4, 0.5) is 0 Å². The van der Waals surface area contributed by atoms with Crippen molar-refractivity contribution in [1.82, 2.24) is 0 Å². The van der Waals surface area contributed by atoms with Crippen molar-refractivity contribution in [3.63, 3.8) is 0 Å². The summed E-state index contributed by atoms with van der Waals surface area (Å²) in [7, 11) is 0. The van der Waals surface area contributed by atoms with E-state index in [9.17, 15) is 0 Å². The summed E-state index contributed by atoms with van der Waals surface area (Å²) in [6.45, 7) is 2.73. The van der Waals surface area contributed by atoms with Gasteiger partial charge in [-0.3, -0.25) is 0 Å². The summed E-state index contributed by atoms with van der Waals surface area (Å²) in [4.78, 5) is 0. The van der Waals surface area contributed by atoms with E-state index in [-0.39, 0.29) is 0 Å². The van der Waals surface area contributed by atoms with Crippen molar-refractivity contribution >= 4 is 20.9 Å². The van der Waals surface area contributed by atoms with Crippen molar-refractivity contribution < 1.29 is 4.74 Å². The minimum atomic E-state index is 0.739. The molecule has 1 aromatic rings. The van der Waals surface area contributed by atoms with Gasteiger partial charge in [0.1, 0.15) is 0 Å². The Balaban J connectivity index is 2.69. The van der Waals surface area contributed by atoms with E-state index in [2.05, 4.69) is 16.5 Å². The van der Waals surface area contributed by atoms with Crippen molar-refractivity contribution in [3.8, 4) is 5.75 Å². The van der Waals surface area contributed by atoms with Crippen molar-refractivity contribution in [2.45, 2.75) is 6.92 Å².